The van der Waals surface area contributed by atoms with E-state index < -0.39 is 0 Å². The molecule has 1 saturated heterocycles. The van der Waals surface area contributed by atoms with Gasteiger partial charge in [0.25, 0.3) is 0 Å². The second-order valence-electron chi connectivity index (χ2n) is 8.91. The second kappa shape index (κ2) is 13.6. The van der Waals surface area contributed by atoms with E-state index in [0.717, 1.165) is 54.1 Å². The van der Waals surface area contributed by atoms with Crippen LogP contribution in [0.15, 0.2) is 41.4 Å². The maximum atomic E-state index is 13.5. The number of methoxy groups -OCH3 is 2. The Morgan fingerprint density at radius 3 is 2.56 bits per heavy atom. The number of nitrogens with one attached hydrogen (secondary N) is 1. The van der Waals surface area contributed by atoms with Crippen molar-refractivity contribution in [3.8, 4) is 17.2 Å². The Morgan fingerprint density at radius 2 is 1.83 bits per heavy atom. The highest BCUT2D eigenvalue weighted by molar-refractivity contribution is 5.93. The summed E-state index contributed by atoms with van der Waals surface area (Å²) in [6.45, 7) is 7.24. The minimum absolute atomic E-state index is 0.0223. The van der Waals surface area contributed by atoms with Gasteiger partial charge in [-0.05, 0) is 43.5 Å². The van der Waals surface area contributed by atoms with Crippen molar-refractivity contribution in [3.63, 3.8) is 0 Å². The van der Waals surface area contributed by atoms with Gasteiger partial charge in [0.15, 0.2) is 11.5 Å². The van der Waals surface area contributed by atoms with Crippen LogP contribution in [-0.2, 0) is 13.1 Å². The predicted octanol–water partition coefficient (Wildman–Crippen LogP) is 5.24. The third-order valence-electron chi connectivity index (χ3n) is 6.37. The molecule has 2 aromatic rings. The molecule has 0 saturated carbocycles. The van der Waals surface area contributed by atoms with Gasteiger partial charge in [0.1, 0.15) is 5.75 Å². The number of anilines is 1. The van der Waals surface area contributed by atoms with Crippen LogP contribution in [0.1, 0.15) is 50.7 Å². The molecule has 1 N–H and O–H groups in total. The summed E-state index contributed by atoms with van der Waals surface area (Å²) in [5.41, 5.74) is 2.89. The fourth-order valence-electron chi connectivity index (χ4n) is 4.19. The van der Waals surface area contributed by atoms with Gasteiger partial charge in [-0.3, -0.25) is 9.89 Å². The lowest BCUT2D eigenvalue weighted by molar-refractivity contribution is 0.191. The number of amidine groups is 1. The van der Waals surface area contributed by atoms with E-state index >= 15 is 0 Å². The molecule has 8 nitrogen and oxygen atoms in total. The van der Waals surface area contributed by atoms with Crippen molar-refractivity contribution in [2.24, 2.45) is 4.99 Å². The van der Waals surface area contributed by atoms with Crippen molar-refractivity contribution in [3.05, 3.63) is 47.5 Å². The number of hydrogen-bond acceptors (Lipinski definition) is 5. The highest BCUT2D eigenvalue weighted by atomic mass is 16.5. The van der Waals surface area contributed by atoms with Gasteiger partial charge in [-0.1, -0.05) is 31.9 Å². The first-order valence-corrected chi connectivity index (χ1v) is 12.7. The van der Waals surface area contributed by atoms with Crippen LogP contribution < -0.4 is 24.4 Å². The SMILES string of the molecule is CCCCCOc1cc(N2CCCN(Cc3ccc(CNC(C)=NC)cc3OC)C2=O)ccc1OC. The number of benzene rings is 2. The minimum Gasteiger partial charge on any atom is -0.496 e. The first-order valence-electron chi connectivity index (χ1n) is 12.7. The highest BCUT2D eigenvalue weighted by Crippen LogP contribution is 2.34. The quantitative estimate of drug-likeness (QED) is 0.247. The first kappa shape index (κ1) is 27.2. The summed E-state index contributed by atoms with van der Waals surface area (Å²) in [6, 6.07) is 11.8. The number of hydrogen-bond donors (Lipinski definition) is 1. The normalized spacial score (nSPS) is 14.1. The largest absolute Gasteiger partial charge is 0.496 e. The number of urea groups is 1. The van der Waals surface area contributed by atoms with Gasteiger partial charge in [0.2, 0.25) is 0 Å². The van der Waals surface area contributed by atoms with Crippen molar-refractivity contribution >= 4 is 17.6 Å². The van der Waals surface area contributed by atoms with Gasteiger partial charge in [-0.2, -0.15) is 0 Å². The molecule has 1 fully saturated rings. The van der Waals surface area contributed by atoms with E-state index in [1.165, 1.54) is 0 Å². The van der Waals surface area contributed by atoms with Crippen LogP contribution >= 0.6 is 0 Å². The lowest BCUT2D eigenvalue weighted by atomic mass is 10.1. The standard InChI is InChI=1S/C28H40N4O4/c1-6-7-8-16-36-27-18-24(12-13-25(27)34-4)32-15-9-14-31(28(32)33)20-23-11-10-22(17-26(23)35-5)19-30-21(2)29-3/h10-13,17-18H,6-9,14-16,19-20H2,1-5H3,(H,29,30). The predicted molar refractivity (Wildman–Crippen MR) is 145 cm³/mol. The third kappa shape index (κ3) is 7.06. The summed E-state index contributed by atoms with van der Waals surface area (Å²) in [7, 11) is 5.06. The average Bonchev–Trinajstić information content (AvgIpc) is 2.91. The molecule has 1 aliphatic heterocycles. The summed E-state index contributed by atoms with van der Waals surface area (Å²) in [5.74, 6) is 3.00. The van der Waals surface area contributed by atoms with Gasteiger partial charge >= 0.3 is 6.03 Å². The average molecular weight is 497 g/mol. The zero-order valence-corrected chi connectivity index (χ0v) is 22.3. The number of unbranched alkanes of at least 4 members (excludes halogenated alkanes) is 2. The molecule has 0 spiro atoms. The van der Waals surface area contributed by atoms with E-state index in [1.807, 2.05) is 47.1 Å². The number of nitrogens with zero attached hydrogens (tertiary/aromatic N) is 3. The molecule has 0 bridgehead atoms. The highest BCUT2D eigenvalue weighted by Gasteiger charge is 2.28. The van der Waals surface area contributed by atoms with E-state index in [2.05, 4.69) is 23.3 Å². The maximum absolute atomic E-state index is 13.5. The van der Waals surface area contributed by atoms with Crippen molar-refractivity contribution < 1.29 is 19.0 Å². The van der Waals surface area contributed by atoms with E-state index in [0.29, 0.717) is 44.3 Å². The molecule has 1 heterocycles. The molecule has 196 valence electrons. The summed E-state index contributed by atoms with van der Waals surface area (Å²) >= 11 is 0. The van der Waals surface area contributed by atoms with Crippen molar-refractivity contribution in [1.29, 1.82) is 0 Å². The molecule has 8 heteroatoms. The topological polar surface area (TPSA) is 75.6 Å². The Hall–Kier alpha value is -3.42. The van der Waals surface area contributed by atoms with Crippen LogP contribution in [0.25, 0.3) is 0 Å². The van der Waals surface area contributed by atoms with Crippen molar-refractivity contribution in [1.82, 2.24) is 10.2 Å². The summed E-state index contributed by atoms with van der Waals surface area (Å²) in [5, 5.41) is 3.27. The van der Waals surface area contributed by atoms with E-state index in [1.54, 1.807) is 21.3 Å². The molecule has 0 radical (unpaired) electrons. The van der Waals surface area contributed by atoms with Gasteiger partial charge < -0.3 is 24.4 Å². The van der Waals surface area contributed by atoms with Gasteiger partial charge in [0.05, 0.1) is 33.2 Å². The van der Waals surface area contributed by atoms with Gasteiger partial charge in [-0.15, -0.1) is 0 Å². The lowest BCUT2D eigenvalue weighted by Crippen LogP contribution is -2.49. The Kier molecular flexibility index (Phi) is 10.3. The second-order valence-corrected chi connectivity index (χ2v) is 8.91. The molecular formula is C28H40N4O4. The molecule has 1 aliphatic rings. The fraction of sp³-hybridized carbons (Fsp3) is 0.500. The molecule has 2 aromatic carbocycles. The minimum atomic E-state index is -0.0223. The summed E-state index contributed by atoms with van der Waals surface area (Å²) < 4.78 is 17.1. The Balaban J connectivity index is 1.72. The Morgan fingerprint density at radius 1 is 1.03 bits per heavy atom. The van der Waals surface area contributed by atoms with Crippen LogP contribution in [-0.4, -0.2) is 57.7 Å². The zero-order valence-electron chi connectivity index (χ0n) is 22.3. The van der Waals surface area contributed by atoms with Crippen molar-refractivity contribution in [2.45, 2.75) is 52.6 Å². The molecule has 2 amide bonds. The Bertz CT molecular complexity index is 1040. The number of rotatable bonds is 12. The van der Waals surface area contributed by atoms with E-state index in [9.17, 15) is 4.79 Å². The van der Waals surface area contributed by atoms with Crippen LogP contribution in [0.5, 0.6) is 17.2 Å². The first-order chi connectivity index (χ1) is 17.5. The molecule has 0 unspecified atom stereocenters. The number of carbonyl (C=O) groups is 1. The molecule has 0 aliphatic carbocycles. The molecule has 3 rings (SSSR count). The van der Waals surface area contributed by atoms with E-state index in [4.69, 9.17) is 14.2 Å². The van der Waals surface area contributed by atoms with Gasteiger partial charge in [-0.25, -0.2) is 4.79 Å². The number of carbonyl (C=O) groups excluding carboxylic acids is 1. The zero-order chi connectivity index (χ0) is 25.9. The third-order valence-corrected chi connectivity index (χ3v) is 6.37. The number of ether oxygens (including phenoxy) is 3. The molecule has 0 atom stereocenters. The van der Waals surface area contributed by atoms with Gasteiger partial charge in [0, 0.05) is 44.0 Å². The monoisotopic (exact) mass is 496 g/mol. The van der Waals surface area contributed by atoms with Crippen LogP contribution in [0, 0.1) is 0 Å². The molecule has 0 aromatic heterocycles. The summed E-state index contributed by atoms with van der Waals surface area (Å²) in [4.78, 5) is 21.3. The molecular weight excluding hydrogens is 456 g/mol. The smallest absolute Gasteiger partial charge is 0.324 e. The van der Waals surface area contributed by atoms with Crippen LogP contribution in [0.2, 0.25) is 0 Å². The number of amides is 2. The number of aliphatic imine (C=N–C) groups is 1. The van der Waals surface area contributed by atoms with Crippen molar-refractivity contribution in [2.75, 3.05) is 45.9 Å². The van der Waals surface area contributed by atoms with Crippen LogP contribution in [0.3, 0.4) is 0 Å². The summed E-state index contributed by atoms with van der Waals surface area (Å²) in [6.07, 6.45) is 4.12. The van der Waals surface area contributed by atoms with E-state index in [-0.39, 0.29) is 6.03 Å². The Labute approximate surface area is 215 Å². The fourth-order valence-corrected chi connectivity index (χ4v) is 4.19. The lowest BCUT2D eigenvalue weighted by Gasteiger charge is -2.36. The maximum Gasteiger partial charge on any atom is 0.324 e. The van der Waals surface area contributed by atoms with Crippen LogP contribution in [0.4, 0.5) is 10.5 Å². The molecule has 36 heavy (non-hydrogen) atoms.